The van der Waals surface area contributed by atoms with Crippen LogP contribution in [0, 0.1) is 5.92 Å². The van der Waals surface area contributed by atoms with Crippen LogP contribution in [0.1, 0.15) is 46.0 Å². The van der Waals surface area contributed by atoms with Crippen LogP contribution >= 0.6 is 0 Å². The van der Waals surface area contributed by atoms with Gasteiger partial charge in [-0.15, -0.1) is 6.58 Å². The number of hydrogen-bond donors (Lipinski definition) is 0. The highest BCUT2D eigenvalue weighted by Crippen LogP contribution is 2.29. The van der Waals surface area contributed by atoms with Crippen molar-refractivity contribution in [2.24, 2.45) is 5.92 Å². The predicted octanol–water partition coefficient (Wildman–Crippen LogP) is 4.76. The van der Waals surface area contributed by atoms with E-state index in [9.17, 15) is 4.79 Å². The SMILES string of the molecule is C=CCC(C)C/C=C\CC/C=C\OC1C(COC(=O)C=C)OC(CC)C(OC)C1OC. The molecule has 6 heteroatoms. The number of unbranched alkanes of at least 4 members (excludes halogenated alkanes) is 1. The van der Waals surface area contributed by atoms with Crippen molar-refractivity contribution in [2.45, 2.75) is 76.5 Å². The summed E-state index contributed by atoms with van der Waals surface area (Å²) in [5.74, 6) is 0.126. The molecule has 1 aliphatic rings. The summed E-state index contributed by atoms with van der Waals surface area (Å²) >= 11 is 0. The van der Waals surface area contributed by atoms with Crippen molar-refractivity contribution in [3.05, 3.63) is 49.8 Å². The molecule has 1 rings (SSSR count). The Balaban J connectivity index is 2.67. The van der Waals surface area contributed by atoms with Gasteiger partial charge >= 0.3 is 5.97 Å². The summed E-state index contributed by atoms with van der Waals surface area (Å²) in [6.07, 6.45) is 14.0. The molecule has 176 valence electrons. The Bertz CT molecular complexity index is 585. The molecule has 6 atom stereocenters. The first-order chi connectivity index (χ1) is 15.0. The summed E-state index contributed by atoms with van der Waals surface area (Å²) in [6.45, 7) is 11.5. The van der Waals surface area contributed by atoms with Gasteiger partial charge < -0.3 is 23.7 Å². The van der Waals surface area contributed by atoms with Crippen LogP contribution in [0.15, 0.2) is 49.8 Å². The fourth-order valence-corrected chi connectivity index (χ4v) is 3.63. The van der Waals surface area contributed by atoms with Gasteiger partial charge in [0.2, 0.25) is 0 Å². The second-order valence-electron chi connectivity index (χ2n) is 7.74. The van der Waals surface area contributed by atoms with Crippen molar-refractivity contribution in [1.29, 1.82) is 0 Å². The summed E-state index contributed by atoms with van der Waals surface area (Å²) in [4.78, 5) is 11.5. The number of ether oxygens (including phenoxy) is 5. The van der Waals surface area contributed by atoms with Crippen molar-refractivity contribution in [3.63, 3.8) is 0 Å². The Kier molecular flexibility index (Phi) is 13.9. The van der Waals surface area contributed by atoms with E-state index in [0.29, 0.717) is 5.92 Å². The summed E-state index contributed by atoms with van der Waals surface area (Å²) < 4.78 is 28.7. The molecular weight excluding hydrogens is 396 g/mol. The minimum atomic E-state index is -0.497. The smallest absolute Gasteiger partial charge is 0.330 e. The number of carbonyl (C=O) groups excluding carboxylic acids is 1. The standard InChI is InChI=1S/C25H40O6/c1-7-15-19(4)16-13-11-10-12-14-17-29-24-21(18-30-22(26)9-3)31-20(8-2)23(27-5)25(24)28-6/h7,9,11,13-14,17,19-21,23-25H,1,3,8,10,12,15-16,18H2,2,4-6H3/b13-11-,17-14-. The highest BCUT2D eigenvalue weighted by atomic mass is 16.6. The zero-order valence-electron chi connectivity index (χ0n) is 19.5. The Morgan fingerprint density at radius 3 is 2.32 bits per heavy atom. The zero-order chi connectivity index (χ0) is 23.1. The second kappa shape index (κ2) is 15.8. The third-order valence-corrected chi connectivity index (χ3v) is 5.34. The van der Waals surface area contributed by atoms with E-state index >= 15 is 0 Å². The molecule has 31 heavy (non-hydrogen) atoms. The van der Waals surface area contributed by atoms with E-state index < -0.39 is 18.2 Å². The molecule has 0 aromatic heterocycles. The van der Waals surface area contributed by atoms with Crippen LogP contribution in [0.2, 0.25) is 0 Å². The maximum absolute atomic E-state index is 11.5. The van der Waals surface area contributed by atoms with Gasteiger partial charge in [0.05, 0.1) is 12.4 Å². The monoisotopic (exact) mass is 436 g/mol. The molecule has 6 nitrogen and oxygen atoms in total. The molecule has 6 unspecified atom stereocenters. The van der Waals surface area contributed by atoms with Gasteiger partial charge in [-0.3, -0.25) is 0 Å². The van der Waals surface area contributed by atoms with E-state index in [2.05, 4.69) is 32.2 Å². The average Bonchev–Trinajstić information content (AvgIpc) is 2.78. The number of rotatable bonds is 15. The Morgan fingerprint density at radius 1 is 1.00 bits per heavy atom. The van der Waals surface area contributed by atoms with Crippen LogP contribution in [-0.2, 0) is 28.5 Å². The fraction of sp³-hybridized carbons (Fsp3) is 0.640. The molecule has 1 aliphatic heterocycles. The van der Waals surface area contributed by atoms with Crippen LogP contribution < -0.4 is 0 Å². The quantitative estimate of drug-likeness (QED) is 0.121. The number of esters is 1. The topological polar surface area (TPSA) is 63.2 Å². The number of allylic oxidation sites excluding steroid dienone is 4. The van der Waals surface area contributed by atoms with Gasteiger partial charge in [-0.05, 0) is 44.1 Å². The van der Waals surface area contributed by atoms with Crippen LogP contribution in [-0.4, -0.2) is 57.3 Å². The average molecular weight is 437 g/mol. The van der Waals surface area contributed by atoms with Gasteiger partial charge in [-0.2, -0.15) is 0 Å². The second-order valence-corrected chi connectivity index (χ2v) is 7.74. The van der Waals surface area contributed by atoms with Gasteiger partial charge in [0.15, 0.2) is 6.10 Å². The highest BCUT2D eigenvalue weighted by Gasteiger charge is 2.47. The van der Waals surface area contributed by atoms with Gasteiger partial charge in [0, 0.05) is 20.3 Å². The summed E-state index contributed by atoms with van der Waals surface area (Å²) in [5, 5.41) is 0. The van der Waals surface area contributed by atoms with Crippen molar-refractivity contribution < 1.29 is 28.5 Å². The van der Waals surface area contributed by atoms with E-state index in [1.165, 1.54) is 0 Å². The number of methoxy groups -OCH3 is 2. The molecule has 0 aliphatic carbocycles. The lowest BCUT2D eigenvalue weighted by Gasteiger charge is -2.44. The molecule has 0 amide bonds. The first-order valence-corrected chi connectivity index (χ1v) is 11.1. The molecule has 1 heterocycles. The van der Waals surface area contributed by atoms with E-state index in [-0.39, 0.29) is 24.9 Å². The third kappa shape index (κ3) is 9.42. The van der Waals surface area contributed by atoms with Gasteiger partial charge in [0.1, 0.15) is 24.9 Å². The largest absolute Gasteiger partial charge is 0.493 e. The number of hydrogen-bond acceptors (Lipinski definition) is 6. The lowest BCUT2D eigenvalue weighted by atomic mass is 9.93. The molecule has 0 radical (unpaired) electrons. The summed E-state index contributed by atoms with van der Waals surface area (Å²) in [5.41, 5.74) is 0. The Labute approximate surface area is 187 Å². The van der Waals surface area contributed by atoms with Crippen molar-refractivity contribution in [3.8, 4) is 0 Å². The van der Waals surface area contributed by atoms with Gasteiger partial charge in [-0.1, -0.05) is 38.7 Å². The lowest BCUT2D eigenvalue weighted by molar-refractivity contribution is -0.245. The molecule has 1 fully saturated rings. The molecule has 0 aromatic carbocycles. The maximum Gasteiger partial charge on any atom is 0.330 e. The molecule has 0 N–H and O–H groups in total. The van der Waals surface area contributed by atoms with Crippen LogP contribution in [0.4, 0.5) is 0 Å². The summed E-state index contributed by atoms with van der Waals surface area (Å²) in [6, 6.07) is 0. The molecule has 0 bridgehead atoms. The predicted molar refractivity (Wildman–Crippen MR) is 123 cm³/mol. The normalized spacial score (nSPS) is 27.3. The van der Waals surface area contributed by atoms with Crippen LogP contribution in [0.3, 0.4) is 0 Å². The van der Waals surface area contributed by atoms with E-state index in [1.54, 1.807) is 20.5 Å². The fourth-order valence-electron chi connectivity index (χ4n) is 3.63. The van der Waals surface area contributed by atoms with Gasteiger partial charge in [-0.25, -0.2) is 4.79 Å². The minimum absolute atomic E-state index is 0.0573. The molecule has 0 aromatic rings. The molecule has 1 saturated heterocycles. The van der Waals surface area contributed by atoms with E-state index in [0.717, 1.165) is 38.2 Å². The van der Waals surface area contributed by atoms with E-state index in [4.69, 9.17) is 23.7 Å². The Morgan fingerprint density at radius 2 is 1.71 bits per heavy atom. The zero-order valence-corrected chi connectivity index (χ0v) is 19.5. The maximum atomic E-state index is 11.5. The Hall–Kier alpha value is -1.89. The molecule has 0 spiro atoms. The van der Waals surface area contributed by atoms with Crippen LogP contribution in [0.5, 0.6) is 0 Å². The first kappa shape index (κ1) is 27.1. The lowest BCUT2D eigenvalue weighted by Crippen LogP contribution is -2.60. The molecule has 0 saturated carbocycles. The van der Waals surface area contributed by atoms with Crippen LogP contribution in [0.25, 0.3) is 0 Å². The minimum Gasteiger partial charge on any atom is -0.493 e. The highest BCUT2D eigenvalue weighted by molar-refractivity contribution is 5.81. The molecular formula is C25H40O6. The third-order valence-electron chi connectivity index (χ3n) is 5.34. The van der Waals surface area contributed by atoms with Crippen molar-refractivity contribution in [2.75, 3.05) is 20.8 Å². The first-order valence-electron chi connectivity index (χ1n) is 11.1. The number of carbonyl (C=O) groups is 1. The summed E-state index contributed by atoms with van der Waals surface area (Å²) in [7, 11) is 3.26. The van der Waals surface area contributed by atoms with Gasteiger partial charge in [0.25, 0.3) is 0 Å². The van der Waals surface area contributed by atoms with E-state index in [1.807, 2.05) is 19.1 Å². The van der Waals surface area contributed by atoms with Crippen molar-refractivity contribution >= 4 is 5.97 Å². The van der Waals surface area contributed by atoms with Crippen molar-refractivity contribution in [1.82, 2.24) is 0 Å².